The number of nitrogens with one attached hydrogen (secondary N) is 2. The predicted molar refractivity (Wildman–Crippen MR) is 86.4 cm³/mol. The van der Waals surface area contributed by atoms with Gasteiger partial charge in [-0.2, -0.15) is 0 Å². The molecule has 0 bridgehead atoms. The molecular formula is C15H14N4O2S. The Balaban J connectivity index is 1.95. The van der Waals surface area contributed by atoms with Crippen molar-refractivity contribution in [3.8, 4) is 0 Å². The van der Waals surface area contributed by atoms with Gasteiger partial charge in [0.25, 0.3) is 5.91 Å². The van der Waals surface area contributed by atoms with E-state index < -0.39 is 6.04 Å². The third-order valence-corrected chi connectivity index (χ3v) is 3.73. The van der Waals surface area contributed by atoms with Crippen molar-refractivity contribution in [2.45, 2.75) is 12.5 Å². The van der Waals surface area contributed by atoms with Gasteiger partial charge in [0.2, 0.25) is 10.7 Å². The number of anilines is 1. The van der Waals surface area contributed by atoms with Crippen LogP contribution in [-0.4, -0.2) is 34.0 Å². The first kappa shape index (κ1) is 14.4. The Morgan fingerprint density at radius 3 is 3.05 bits per heavy atom. The van der Waals surface area contributed by atoms with Crippen molar-refractivity contribution in [3.05, 3.63) is 41.7 Å². The van der Waals surface area contributed by atoms with Crippen LogP contribution in [0.5, 0.6) is 0 Å². The van der Waals surface area contributed by atoms with Crippen molar-refractivity contribution in [2.75, 3.05) is 11.9 Å². The maximum absolute atomic E-state index is 12.5. The zero-order valence-electron chi connectivity index (χ0n) is 11.7. The molecule has 1 aromatic heterocycles. The minimum atomic E-state index is -0.640. The van der Waals surface area contributed by atoms with Gasteiger partial charge < -0.3 is 10.6 Å². The number of amides is 1. The summed E-state index contributed by atoms with van der Waals surface area (Å²) >= 11 is 5.20. The minimum Gasteiger partial charge on any atom is -0.358 e. The molecule has 2 heterocycles. The monoisotopic (exact) mass is 314 g/mol. The summed E-state index contributed by atoms with van der Waals surface area (Å²) in [6, 6.07) is 6.78. The summed E-state index contributed by atoms with van der Waals surface area (Å²) in [5.41, 5.74) is 0.718. The lowest BCUT2D eigenvalue weighted by Crippen LogP contribution is -2.33. The van der Waals surface area contributed by atoms with Crippen molar-refractivity contribution >= 4 is 40.8 Å². The highest BCUT2D eigenvalue weighted by molar-refractivity contribution is 7.71. The van der Waals surface area contributed by atoms with Gasteiger partial charge >= 0.3 is 0 Å². The number of nitrogens with zero attached hydrogens (tertiary/aromatic N) is 2. The fourth-order valence-corrected chi connectivity index (χ4v) is 2.73. The number of hydrogen-bond acceptors (Lipinski definition) is 5. The van der Waals surface area contributed by atoms with E-state index in [2.05, 4.69) is 22.2 Å². The van der Waals surface area contributed by atoms with Crippen molar-refractivity contribution in [1.29, 1.82) is 0 Å². The van der Waals surface area contributed by atoms with Crippen LogP contribution in [0.15, 0.2) is 36.9 Å². The van der Waals surface area contributed by atoms with E-state index in [9.17, 15) is 9.59 Å². The second-order valence-electron chi connectivity index (χ2n) is 4.93. The number of para-hydroxylation sites is 1. The molecule has 6 nitrogen and oxygen atoms in total. The largest absolute Gasteiger partial charge is 0.358 e. The average molecular weight is 314 g/mol. The molecule has 0 saturated carbocycles. The van der Waals surface area contributed by atoms with E-state index in [0.29, 0.717) is 12.4 Å². The molecule has 0 fully saturated rings. The molecule has 1 atom stereocenters. The molecule has 0 aliphatic carbocycles. The molecule has 0 unspecified atom stereocenters. The van der Waals surface area contributed by atoms with Crippen LogP contribution in [0.25, 0.3) is 10.9 Å². The molecule has 2 aromatic rings. The van der Waals surface area contributed by atoms with Crippen LogP contribution >= 0.6 is 12.2 Å². The Kier molecular flexibility index (Phi) is 3.72. The van der Waals surface area contributed by atoms with Crippen LogP contribution in [0.2, 0.25) is 0 Å². The summed E-state index contributed by atoms with van der Waals surface area (Å²) in [7, 11) is 0. The number of carbonyl (C=O) groups excluding carboxylic acids is 2. The van der Waals surface area contributed by atoms with E-state index in [-0.39, 0.29) is 23.0 Å². The Labute approximate surface area is 131 Å². The highest BCUT2D eigenvalue weighted by Crippen LogP contribution is 2.28. The van der Waals surface area contributed by atoms with Crippen molar-refractivity contribution in [1.82, 2.24) is 14.9 Å². The highest BCUT2D eigenvalue weighted by Gasteiger charge is 2.33. The van der Waals surface area contributed by atoms with Crippen LogP contribution in [-0.2, 0) is 4.79 Å². The molecular weight excluding hydrogens is 300 g/mol. The molecule has 112 valence electrons. The molecule has 7 heteroatoms. The van der Waals surface area contributed by atoms with Gasteiger partial charge in [0.05, 0.1) is 11.9 Å². The van der Waals surface area contributed by atoms with E-state index in [4.69, 9.17) is 12.2 Å². The SMILES string of the molecule is C=CCNC(=O)C[C@H]1Nc2c3ccccc3nc(=S)n2C1=O. The number of hydrogen-bond donors (Lipinski definition) is 2. The maximum Gasteiger partial charge on any atom is 0.257 e. The van der Waals surface area contributed by atoms with Crippen molar-refractivity contribution in [3.63, 3.8) is 0 Å². The molecule has 0 spiro atoms. The number of aromatic nitrogens is 2. The second kappa shape index (κ2) is 5.69. The Morgan fingerprint density at radius 2 is 2.27 bits per heavy atom. The Hall–Kier alpha value is -2.54. The Morgan fingerprint density at radius 1 is 1.50 bits per heavy atom. The van der Waals surface area contributed by atoms with Crippen LogP contribution < -0.4 is 10.6 Å². The first-order valence-corrected chi connectivity index (χ1v) is 7.23. The highest BCUT2D eigenvalue weighted by atomic mass is 32.1. The van der Waals surface area contributed by atoms with Gasteiger partial charge in [0.15, 0.2) is 0 Å². The predicted octanol–water partition coefficient (Wildman–Crippen LogP) is 1.89. The minimum absolute atomic E-state index is 0.0391. The molecule has 2 N–H and O–H groups in total. The van der Waals surface area contributed by atoms with Gasteiger partial charge in [-0.25, -0.2) is 9.55 Å². The molecule has 0 radical (unpaired) electrons. The number of carbonyl (C=O) groups is 2. The van der Waals surface area contributed by atoms with Gasteiger partial charge in [0.1, 0.15) is 11.9 Å². The summed E-state index contributed by atoms with van der Waals surface area (Å²) in [6.07, 6.45) is 1.63. The van der Waals surface area contributed by atoms with Gasteiger partial charge in [-0.15, -0.1) is 6.58 Å². The van der Waals surface area contributed by atoms with Crippen LogP contribution in [0.3, 0.4) is 0 Å². The quantitative estimate of drug-likeness (QED) is 0.666. The van der Waals surface area contributed by atoms with E-state index >= 15 is 0 Å². The lowest BCUT2D eigenvalue weighted by molar-refractivity contribution is -0.120. The molecule has 1 aliphatic heterocycles. The van der Waals surface area contributed by atoms with Crippen LogP contribution in [0, 0.1) is 4.77 Å². The number of fused-ring (bicyclic) bond motifs is 3. The number of benzene rings is 1. The van der Waals surface area contributed by atoms with E-state index in [1.165, 1.54) is 4.57 Å². The van der Waals surface area contributed by atoms with Crippen molar-refractivity contribution < 1.29 is 9.59 Å². The fourth-order valence-electron chi connectivity index (χ4n) is 2.45. The normalized spacial score (nSPS) is 16.2. The summed E-state index contributed by atoms with van der Waals surface area (Å²) in [6.45, 7) is 3.91. The van der Waals surface area contributed by atoms with E-state index in [0.717, 1.165) is 10.9 Å². The van der Waals surface area contributed by atoms with Crippen LogP contribution in [0.4, 0.5) is 5.82 Å². The van der Waals surface area contributed by atoms with Gasteiger partial charge in [0, 0.05) is 11.9 Å². The number of rotatable bonds is 4. The standard InChI is InChI=1S/C15H14N4O2S/c1-2-7-16-12(20)8-11-14(21)19-13(17-11)9-5-3-4-6-10(9)18-15(19)22/h2-6,11,17H,1,7-8H2,(H,16,20)/t11-/m1/s1. The molecule has 0 saturated heterocycles. The summed E-state index contributed by atoms with van der Waals surface area (Å²) in [5, 5.41) is 6.56. The molecule has 22 heavy (non-hydrogen) atoms. The van der Waals surface area contributed by atoms with Gasteiger partial charge in [-0.3, -0.25) is 9.59 Å². The fraction of sp³-hybridized carbons (Fsp3) is 0.200. The molecule has 3 rings (SSSR count). The smallest absolute Gasteiger partial charge is 0.257 e. The zero-order valence-corrected chi connectivity index (χ0v) is 12.5. The van der Waals surface area contributed by atoms with Gasteiger partial charge in [-0.1, -0.05) is 18.2 Å². The average Bonchev–Trinajstić information content (AvgIpc) is 2.83. The zero-order chi connectivity index (χ0) is 15.7. The third kappa shape index (κ3) is 2.39. The van der Waals surface area contributed by atoms with Crippen molar-refractivity contribution in [2.24, 2.45) is 0 Å². The van der Waals surface area contributed by atoms with E-state index in [1.54, 1.807) is 6.08 Å². The summed E-state index contributed by atoms with van der Waals surface area (Å²) in [5.74, 6) is 0.122. The maximum atomic E-state index is 12.5. The first-order chi connectivity index (χ1) is 10.6. The second-order valence-corrected chi connectivity index (χ2v) is 5.29. The molecule has 1 aromatic carbocycles. The topological polar surface area (TPSA) is 76.0 Å². The first-order valence-electron chi connectivity index (χ1n) is 6.82. The van der Waals surface area contributed by atoms with Gasteiger partial charge in [-0.05, 0) is 24.4 Å². The Bertz CT molecular complexity index is 843. The third-order valence-electron chi connectivity index (χ3n) is 3.45. The summed E-state index contributed by atoms with van der Waals surface area (Å²) in [4.78, 5) is 28.5. The molecule has 1 amide bonds. The lowest BCUT2D eigenvalue weighted by atomic mass is 10.2. The summed E-state index contributed by atoms with van der Waals surface area (Å²) < 4.78 is 1.56. The lowest BCUT2D eigenvalue weighted by Gasteiger charge is -2.08. The van der Waals surface area contributed by atoms with Crippen LogP contribution in [0.1, 0.15) is 11.2 Å². The molecule has 1 aliphatic rings. The van der Waals surface area contributed by atoms with E-state index in [1.807, 2.05) is 24.3 Å².